The van der Waals surface area contributed by atoms with Gasteiger partial charge in [0.2, 0.25) is 6.79 Å². The van der Waals surface area contributed by atoms with Crippen LogP contribution in [0, 0.1) is 28.6 Å². The first-order chi connectivity index (χ1) is 17.5. The highest BCUT2D eigenvalue weighted by Crippen LogP contribution is 2.38. The normalized spacial score (nSPS) is 21.6. The Labute approximate surface area is 210 Å². The molecule has 2 aromatic carbocycles. The fourth-order valence-electron chi connectivity index (χ4n) is 5.16. The molecule has 36 heavy (non-hydrogen) atoms. The Kier molecular flexibility index (Phi) is 6.45. The van der Waals surface area contributed by atoms with Crippen LogP contribution in [0.15, 0.2) is 58.7 Å². The maximum Gasteiger partial charge on any atom is 0.253 e. The number of aliphatic imine (C=N–C) groups is 1. The summed E-state index contributed by atoms with van der Waals surface area (Å²) >= 11 is 0. The maximum atomic E-state index is 13.4. The number of rotatable bonds is 4. The Bertz CT molecular complexity index is 1340. The molecule has 8 nitrogen and oxygen atoms in total. The lowest BCUT2D eigenvalue weighted by atomic mass is 9.76. The molecule has 0 bridgehead atoms. The second-order valence-electron chi connectivity index (χ2n) is 9.33. The molecule has 3 heterocycles. The molecule has 2 unspecified atom stereocenters. The minimum Gasteiger partial charge on any atom is -0.454 e. The minimum atomic E-state index is -0.534. The van der Waals surface area contributed by atoms with Gasteiger partial charge < -0.3 is 14.4 Å². The number of ether oxygens (including phenoxy) is 2. The van der Waals surface area contributed by atoms with E-state index in [1.165, 1.54) is 0 Å². The summed E-state index contributed by atoms with van der Waals surface area (Å²) in [6.07, 6.45) is 0. The molecular weight excluding hydrogens is 454 g/mol. The Morgan fingerprint density at radius 3 is 2.58 bits per heavy atom. The van der Waals surface area contributed by atoms with Gasteiger partial charge in [0.1, 0.15) is 0 Å². The number of allylic oxidation sites excluding steroid dienone is 2. The zero-order valence-electron chi connectivity index (χ0n) is 20.4. The van der Waals surface area contributed by atoms with E-state index in [2.05, 4.69) is 22.0 Å². The summed E-state index contributed by atoms with van der Waals surface area (Å²) in [7, 11) is 0. The van der Waals surface area contributed by atoms with E-state index < -0.39 is 11.8 Å². The molecule has 1 saturated heterocycles. The molecule has 1 amide bonds. The number of carbonyl (C=O) groups excluding carboxylic acids is 1. The predicted octanol–water partition coefficient (Wildman–Crippen LogP) is 3.87. The zero-order chi connectivity index (χ0) is 25.2. The third-order valence-corrected chi connectivity index (χ3v) is 7.08. The van der Waals surface area contributed by atoms with Crippen LogP contribution in [0.1, 0.15) is 41.3 Å². The number of hydrogen-bond acceptors (Lipinski definition) is 7. The van der Waals surface area contributed by atoms with Gasteiger partial charge in [0, 0.05) is 49.9 Å². The first-order valence-corrected chi connectivity index (χ1v) is 12.0. The van der Waals surface area contributed by atoms with Gasteiger partial charge in [-0.05, 0) is 49.2 Å². The van der Waals surface area contributed by atoms with E-state index in [0.29, 0.717) is 35.6 Å². The lowest BCUT2D eigenvalue weighted by Gasteiger charge is -2.35. The van der Waals surface area contributed by atoms with Crippen molar-refractivity contribution in [3.05, 3.63) is 70.4 Å². The molecule has 0 aromatic heterocycles. The van der Waals surface area contributed by atoms with Crippen LogP contribution in [0.5, 0.6) is 11.5 Å². The van der Waals surface area contributed by atoms with Gasteiger partial charge in [-0.1, -0.05) is 18.2 Å². The summed E-state index contributed by atoms with van der Waals surface area (Å²) in [5.74, 6) is 0.565. The lowest BCUT2D eigenvalue weighted by Crippen LogP contribution is -2.48. The molecule has 0 radical (unpaired) electrons. The monoisotopic (exact) mass is 481 g/mol. The molecule has 0 aliphatic carbocycles. The van der Waals surface area contributed by atoms with E-state index in [0.717, 1.165) is 42.3 Å². The molecule has 5 rings (SSSR count). The van der Waals surface area contributed by atoms with E-state index >= 15 is 0 Å². The first kappa shape index (κ1) is 23.6. The molecule has 0 N–H and O–H groups in total. The Hall–Kier alpha value is -4.14. The van der Waals surface area contributed by atoms with Gasteiger partial charge >= 0.3 is 0 Å². The number of carbonyl (C=O) groups is 1. The highest BCUT2D eigenvalue weighted by Gasteiger charge is 2.34. The molecule has 8 heteroatoms. The number of fused-ring (bicyclic) bond motifs is 1. The van der Waals surface area contributed by atoms with Gasteiger partial charge in [-0.15, -0.1) is 0 Å². The van der Waals surface area contributed by atoms with Crippen molar-refractivity contribution in [1.29, 1.82) is 10.5 Å². The number of amides is 1. The van der Waals surface area contributed by atoms with Gasteiger partial charge in [-0.3, -0.25) is 14.7 Å². The molecule has 182 valence electrons. The predicted molar refractivity (Wildman–Crippen MR) is 133 cm³/mol. The Balaban J connectivity index is 1.27. The SMILES string of the molecule is CC1=NC(C)=C(C#N)C(c2cccc(C(=O)N3CCN(Cc4ccc5c(c4)OCO5)CC3)c2)C1C#N. The summed E-state index contributed by atoms with van der Waals surface area (Å²) < 4.78 is 10.9. The summed E-state index contributed by atoms with van der Waals surface area (Å²) in [5, 5.41) is 19.6. The first-order valence-electron chi connectivity index (χ1n) is 12.0. The molecule has 2 atom stereocenters. The average Bonchev–Trinajstić information content (AvgIpc) is 3.36. The van der Waals surface area contributed by atoms with Gasteiger partial charge in [-0.25, -0.2) is 0 Å². The smallest absolute Gasteiger partial charge is 0.253 e. The number of benzene rings is 2. The fraction of sp³-hybridized carbons (Fsp3) is 0.357. The molecule has 2 aromatic rings. The maximum absolute atomic E-state index is 13.4. The van der Waals surface area contributed by atoms with Crippen molar-refractivity contribution in [3.63, 3.8) is 0 Å². The topological polar surface area (TPSA) is 102 Å². The highest BCUT2D eigenvalue weighted by atomic mass is 16.7. The molecule has 0 saturated carbocycles. The third kappa shape index (κ3) is 4.44. The van der Waals surface area contributed by atoms with Crippen LogP contribution in [0.4, 0.5) is 0 Å². The van der Waals surface area contributed by atoms with Crippen molar-refractivity contribution < 1.29 is 14.3 Å². The van der Waals surface area contributed by atoms with Crippen LogP contribution >= 0.6 is 0 Å². The number of nitriles is 2. The van der Waals surface area contributed by atoms with Gasteiger partial charge in [0.15, 0.2) is 11.5 Å². The fourth-order valence-corrected chi connectivity index (χ4v) is 5.16. The van der Waals surface area contributed by atoms with Gasteiger partial charge in [0.05, 0.1) is 29.3 Å². The average molecular weight is 482 g/mol. The van der Waals surface area contributed by atoms with Crippen molar-refractivity contribution in [3.8, 4) is 23.6 Å². The Morgan fingerprint density at radius 1 is 1.06 bits per heavy atom. The summed E-state index contributed by atoms with van der Waals surface area (Å²) in [5.41, 5.74) is 4.31. The van der Waals surface area contributed by atoms with E-state index in [-0.39, 0.29) is 12.7 Å². The van der Waals surface area contributed by atoms with Crippen LogP contribution < -0.4 is 9.47 Å². The standard InChI is InChI=1S/C28H27N5O3/c1-18-23(14-29)27(24(15-30)19(2)31-18)21-4-3-5-22(13-21)28(34)33-10-8-32(9-11-33)16-20-6-7-25-26(12-20)36-17-35-25/h3-7,12-13,23,27H,8-11,16-17H2,1-2H3. The number of hydrogen-bond donors (Lipinski definition) is 0. The van der Waals surface area contributed by atoms with Crippen molar-refractivity contribution in [2.45, 2.75) is 26.3 Å². The highest BCUT2D eigenvalue weighted by molar-refractivity contribution is 5.95. The second kappa shape index (κ2) is 9.85. The van der Waals surface area contributed by atoms with Crippen molar-refractivity contribution in [2.24, 2.45) is 10.9 Å². The molecule has 0 spiro atoms. The number of nitrogens with zero attached hydrogens (tertiary/aromatic N) is 5. The largest absolute Gasteiger partial charge is 0.454 e. The van der Waals surface area contributed by atoms with Crippen LogP contribution in [0.3, 0.4) is 0 Å². The van der Waals surface area contributed by atoms with E-state index in [1.54, 1.807) is 13.0 Å². The van der Waals surface area contributed by atoms with Crippen LogP contribution in [-0.4, -0.2) is 54.4 Å². The van der Waals surface area contributed by atoms with Crippen LogP contribution in [0.2, 0.25) is 0 Å². The van der Waals surface area contributed by atoms with Gasteiger partial charge in [0.25, 0.3) is 5.91 Å². The Morgan fingerprint density at radius 2 is 1.83 bits per heavy atom. The van der Waals surface area contributed by atoms with E-state index in [9.17, 15) is 15.3 Å². The molecule has 1 fully saturated rings. The summed E-state index contributed by atoms with van der Waals surface area (Å²) in [4.78, 5) is 22.0. The quantitative estimate of drug-likeness (QED) is 0.657. The zero-order valence-corrected chi connectivity index (χ0v) is 20.4. The lowest BCUT2D eigenvalue weighted by molar-refractivity contribution is 0.0628. The molecular formula is C28H27N5O3. The summed E-state index contributed by atoms with van der Waals surface area (Å²) in [6, 6.07) is 17.9. The van der Waals surface area contributed by atoms with Crippen LogP contribution in [-0.2, 0) is 6.54 Å². The third-order valence-electron chi connectivity index (χ3n) is 7.08. The second-order valence-corrected chi connectivity index (χ2v) is 9.33. The molecule has 3 aliphatic rings. The van der Waals surface area contributed by atoms with E-state index in [1.807, 2.05) is 48.2 Å². The van der Waals surface area contributed by atoms with Crippen molar-refractivity contribution in [2.75, 3.05) is 33.0 Å². The van der Waals surface area contributed by atoms with E-state index in [4.69, 9.17) is 9.47 Å². The minimum absolute atomic E-state index is 0.0338. The van der Waals surface area contributed by atoms with Crippen molar-refractivity contribution >= 4 is 11.6 Å². The van der Waals surface area contributed by atoms with Crippen LogP contribution in [0.25, 0.3) is 0 Å². The molecule has 3 aliphatic heterocycles. The van der Waals surface area contributed by atoms with Gasteiger partial charge in [-0.2, -0.15) is 10.5 Å². The number of piperazine rings is 1. The van der Waals surface area contributed by atoms with Crippen molar-refractivity contribution in [1.82, 2.24) is 9.80 Å². The summed E-state index contributed by atoms with van der Waals surface area (Å²) in [6.45, 7) is 7.47.